The summed E-state index contributed by atoms with van der Waals surface area (Å²) in [6.45, 7) is 4.84. The van der Waals surface area contributed by atoms with E-state index < -0.39 is 15.9 Å². The first-order valence-electron chi connectivity index (χ1n) is 9.53. The van der Waals surface area contributed by atoms with E-state index in [1.54, 1.807) is 12.1 Å². The fourth-order valence-electron chi connectivity index (χ4n) is 3.55. The van der Waals surface area contributed by atoms with Gasteiger partial charge in [0.15, 0.2) is 4.80 Å². The molecule has 0 bridgehead atoms. The van der Waals surface area contributed by atoms with Gasteiger partial charge in [0.25, 0.3) is 15.9 Å². The molecule has 11 heteroatoms. The van der Waals surface area contributed by atoms with E-state index in [0.29, 0.717) is 35.1 Å². The molecule has 3 heterocycles. The Morgan fingerprint density at radius 2 is 2.13 bits per heavy atom. The molecule has 31 heavy (non-hydrogen) atoms. The number of benzene rings is 1. The fourth-order valence-corrected chi connectivity index (χ4v) is 8.31. The molecule has 1 unspecified atom stereocenters. The number of aromatic nitrogens is 1. The number of amides is 1. The molecule has 0 saturated carbocycles. The molecule has 1 fully saturated rings. The second kappa shape index (κ2) is 9.29. The number of sulfonamides is 1. The number of thiazole rings is 1. The smallest absolute Gasteiger partial charge is 0.252 e. The molecule has 1 aromatic carbocycles. The Labute approximate surface area is 201 Å². The number of allylic oxidation sites excluding steroid dienone is 1. The van der Waals surface area contributed by atoms with E-state index in [1.807, 2.05) is 22.8 Å². The van der Waals surface area contributed by atoms with Crippen LogP contribution in [0.1, 0.15) is 12.8 Å². The number of hydrogen-bond acceptors (Lipinski definition) is 5. The van der Waals surface area contributed by atoms with Crippen molar-refractivity contribution in [2.45, 2.75) is 23.6 Å². The third-order valence-electron chi connectivity index (χ3n) is 5.04. The van der Waals surface area contributed by atoms with Crippen molar-refractivity contribution in [3.8, 4) is 0 Å². The van der Waals surface area contributed by atoms with Crippen LogP contribution in [-0.4, -0.2) is 36.3 Å². The number of piperidine rings is 1. The summed E-state index contributed by atoms with van der Waals surface area (Å²) in [7, 11) is -3.67. The summed E-state index contributed by atoms with van der Waals surface area (Å²) in [6.07, 6.45) is 2.98. The summed E-state index contributed by atoms with van der Waals surface area (Å²) in [5.74, 6) is -0.777. The molecular weight excluding hydrogens is 542 g/mol. The van der Waals surface area contributed by atoms with Crippen LogP contribution < -0.4 is 4.80 Å². The van der Waals surface area contributed by atoms with Crippen LogP contribution in [0.4, 0.5) is 0 Å². The molecule has 2 aromatic heterocycles. The van der Waals surface area contributed by atoms with Gasteiger partial charge in [-0.15, -0.1) is 17.9 Å². The van der Waals surface area contributed by atoms with Gasteiger partial charge in [-0.3, -0.25) is 4.79 Å². The predicted molar refractivity (Wildman–Crippen MR) is 129 cm³/mol. The minimum atomic E-state index is -3.67. The number of thiophene rings is 1. The average molecular weight is 561 g/mol. The van der Waals surface area contributed by atoms with Gasteiger partial charge in [0, 0.05) is 24.1 Å². The van der Waals surface area contributed by atoms with Gasteiger partial charge in [-0.2, -0.15) is 9.30 Å². The maximum absolute atomic E-state index is 13.0. The zero-order chi connectivity index (χ0) is 22.2. The normalized spacial score (nSPS) is 18.5. The third kappa shape index (κ3) is 4.74. The van der Waals surface area contributed by atoms with Crippen LogP contribution in [0.5, 0.6) is 0 Å². The molecule has 1 atom stereocenters. The monoisotopic (exact) mass is 559 g/mol. The van der Waals surface area contributed by atoms with Crippen molar-refractivity contribution in [1.29, 1.82) is 0 Å². The van der Waals surface area contributed by atoms with Gasteiger partial charge in [0.2, 0.25) is 0 Å². The molecule has 0 spiro atoms. The minimum absolute atomic E-state index is 0.123. The first-order chi connectivity index (χ1) is 14.8. The lowest BCUT2D eigenvalue weighted by molar-refractivity contribution is -0.122. The highest BCUT2D eigenvalue weighted by Crippen LogP contribution is 2.31. The van der Waals surface area contributed by atoms with E-state index in [2.05, 4.69) is 27.5 Å². The molecule has 1 aliphatic heterocycles. The summed E-state index contributed by atoms with van der Waals surface area (Å²) < 4.78 is 31.8. The van der Waals surface area contributed by atoms with Crippen LogP contribution in [0.3, 0.4) is 0 Å². The molecule has 164 valence electrons. The lowest BCUT2D eigenvalue weighted by Crippen LogP contribution is -2.42. The Morgan fingerprint density at radius 3 is 2.84 bits per heavy atom. The quantitative estimate of drug-likeness (QED) is 0.417. The van der Waals surface area contributed by atoms with E-state index in [4.69, 9.17) is 11.6 Å². The number of fused-ring (bicyclic) bond motifs is 1. The first kappa shape index (κ1) is 22.9. The highest BCUT2D eigenvalue weighted by Gasteiger charge is 2.34. The molecule has 3 aromatic rings. The Kier molecular flexibility index (Phi) is 6.85. The molecule has 1 amide bonds. The average Bonchev–Trinajstić information content (AvgIpc) is 3.32. The summed E-state index contributed by atoms with van der Waals surface area (Å²) >= 11 is 11.8. The van der Waals surface area contributed by atoms with Crippen LogP contribution >= 0.6 is 50.2 Å². The Morgan fingerprint density at radius 1 is 1.32 bits per heavy atom. The SMILES string of the molecule is C=CCn1c(=NC(=O)C2CCCN(S(=O)(=O)c3ccc(Cl)s3)C2)sc2cc(Br)ccc21. The van der Waals surface area contributed by atoms with Crippen molar-refractivity contribution in [2.24, 2.45) is 10.9 Å². The topological polar surface area (TPSA) is 71.7 Å². The summed E-state index contributed by atoms with van der Waals surface area (Å²) in [5, 5.41) is 0. The van der Waals surface area contributed by atoms with Crippen LogP contribution in [0.2, 0.25) is 4.34 Å². The van der Waals surface area contributed by atoms with Crippen molar-refractivity contribution >= 4 is 76.4 Å². The second-order valence-corrected chi connectivity index (χ2v) is 12.9. The van der Waals surface area contributed by atoms with E-state index in [0.717, 1.165) is 26.0 Å². The van der Waals surface area contributed by atoms with Gasteiger partial charge >= 0.3 is 0 Å². The van der Waals surface area contributed by atoms with Gasteiger partial charge in [0.1, 0.15) is 4.21 Å². The van der Waals surface area contributed by atoms with Crippen molar-refractivity contribution in [1.82, 2.24) is 8.87 Å². The Hall–Kier alpha value is -1.30. The van der Waals surface area contributed by atoms with Crippen molar-refractivity contribution in [2.75, 3.05) is 13.1 Å². The number of nitrogens with zero attached hydrogens (tertiary/aromatic N) is 3. The predicted octanol–water partition coefficient (Wildman–Crippen LogP) is 4.89. The molecular formula is C20H19BrClN3O3S3. The van der Waals surface area contributed by atoms with Gasteiger partial charge in [-0.1, -0.05) is 44.9 Å². The second-order valence-electron chi connectivity index (χ2n) is 7.11. The van der Waals surface area contributed by atoms with Crippen molar-refractivity contribution < 1.29 is 13.2 Å². The zero-order valence-corrected chi connectivity index (χ0v) is 21.1. The molecule has 0 N–H and O–H groups in total. The molecule has 0 aliphatic carbocycles. The third-order valence-corrected chi connectivity index (χ3v) is 10.1. The Bertz CT molecular complexity index is 1330. The summed E-state index contributed by atoms with van der Waals surface area (Å²) in [4.78, 5) is 18.0. The van der Waals surface area contributed by atoms with E-state index in [1.165, 1.54) is 21.7 Å². The van der Waals surface area contributed by atoms with Gasteiger partial charge in [-0.05, 0) is 43.2 Å². The van der Waals surface area contributed by atoms with Crippen molar-refractivity contribution in [3.63, 3.8) is 0 Å². The summed E-state index contributed by atoms with van der Waals surface area (Å²) in [6, 6.07) is 8.99. The molecule has 4 rings (SSSR count). The van der Waals surface area contributed by atoms with E-state index >= 15 is 0 Å². The van der Waals surface area contributed by atoms with Crippen LogP contribution in [0.25, 0.3) is 10.2 Å². The fraction of sp³-hybridized carbons (Fsp3) is 0.300. The van der Waals surface area contributed by atoms with Gasteiger partial charge in [0.05, 0.1) is 20.5 Å². The van der Waals surface area contributed by atoms with Gasteiger partial charge < -0.3 is 4.57 Å². The van der Waals surface area contributed by atoms with Crippen molar-refractivity contribution in [3.05, 3.63) is 56.6 Å². The standard InChI is InChI=1S/C20H19BrClN3O3S3/c1-2-9-25-15-6-5-14(21)11-16(15)29-20(25)23-19(26)13-4-3-10-24(12-13)31(27,28)18-8-7-17(22)30-18/h2,5-8,11,13H,1,3-4,9-10,12H2. The summed E-state index contributed by atoms with van der Waals surface area (Å²) in [5.41, 5.74) is 0.974. The van der Waals surface area contributed by atoms with Crippen LogP contribution in [0, 0.1) is 5.92 Å². The maximum atomic E-state index is 13.0. The maximum Gasteiger partial charge on any atom is 0.252 e. The van der Waals surface area contributed by atoms with Crippen LogP contribution in [0.15, 0.2) is 56.7 Å². The largest absolute Gasteiger partial charge is 0.313 e. The number of carbonyl (C=O) groups is 1. The Balaban J connectivity index is 1.63. The zero-order valence-electron chi connectivity index (χ0n) is 16.3. The van der Waals surface area contributed by atoms with E-state index in [-0.39, 0.29) is 16.7 Å². The van der Waals surface area contributed by atoms with Crippen LogP contribution in [-0.2, 0) is 21.4 Å². The highest BCUT2D eigenvalue weighted by atomic mass is 79.9. The highest BCUT2D eigenvalue weighted by molar-refractivity contribution is 9.10. The van der Waals surface area contributed by atoms with E-state index in [9.17, 15) is 13.2 Å². The molecule has 6 nitrogen and oxygen atoms in total. The number of rotatable bonds is 5. The lowest BCUT2D eigenvalue weighted by Gasteiger charge is -2.29. The number of hydrogen-bond donors (Lipinski definition) is 0. The molecule has 0 radical (unpaired) electrons. The first-order valence-corrected chi connectivity index (χ1v) is 13.8. The minimum Gasteiger partial charge on any atom is -0.313 e. The lowest BCUT2D eigenvalue weighted by atomic mass is 9.99. The number of carbonyl (C=O) groups excluding carboxylic acids is 1. The van der Waals surface area contributed by atoms with Gasteiger partial charge in [-0.25, -0.2) is 8.42 Å². The number of halogens is 2. The molecule has 1 saturated heterocycles. The molecule has 1 aliphatic rings.